The summed E-state index contributed by atoms with van der Waals surface area (Å²) in [6.07, 6.45) is 39.4. The Kier molecular flexibility index (Phi) is 30.7. The largest absolute Gasteiger partial charge is 0.508 e. The summed E-state index contributed by atoms with van der Waals surface area (Å²) in [4.78, 5) is 14.5. The van der Waals surface area contributed by atoms with E-state index in [1.54, 1.807) is 0 Å². The zero-order valence-corrected chi connectivity index (χ0v) is 27.2. The van der Waals surface area contributed by atoms with Gasteiger partial charge in [-0.15, -0.1) is 0 Å². The third kappa shape index (κ3) is 31.0. The van der Waals surface area contributed by atoms with Crippen molar-refractivity contribution in [3.8, 4) is 0 Å². The Hall–Kier alpha value is -1.55. The van der Waals surface area contributed by atoms with Crippen LogP contribution in [0.5, 0.6) is 0 Å². The van der Waals surface area contributed by atoms with Gasteiger partial charge in [0, 0.05) is 0 Å². The van der Waals surface area contributed by atoms with Crippen LogP contribution in [0.4, 0.5) is 4.79 Å². The number of carbonyl (C=O) groups excluding carboxylic acids is 1. The van der Waals surface area contributed by atoms with Gasteiger partial charge < -0.3 is 14.4 Å². The van der Waals surface area contributed by atoms with Crippen LogP contribution in [0.25, 0.3) is 0 Å². The fourth-order valence-electron chi connectivity index (χ4n) is 4.75. The lowest BCUT2D eigenvalue weighted by Crippen LogP contribution is -2.20. The molecule has 0 aromatic rings. The summed E-state index contributed by atoms with van der Waals surface area (Å²) in [5, 5.41) is 0. The molecule has 0 aliphatic heterocycles. The fourth-order valence-corrected chi connectivity index (χ4v) is 4.75. The predicted molar refractivity (Wildman–Crippen MR) is 175 cm³/mol. The minimum Gasteiger partial charge on any atom is -0.434 e. The van der Waals surface area contributed by atoms with E-state index in [0.717, 1.165) is 57.9 Å². The van der Waals surface area contributed by atoms with E-state index in [4.69, 9.17) is 9.47 Å². The number of carbonyl (C=O) groups is 1. The van der Waals surface area contributed by atoms with E-state index in [2.05, 4.69) is 69.3 Å². The van der Waals surface area contributed by atoms with E-state index in [0.29, 0.717) is 6.61 Å². The van der Waals surface area contributed by atoms with Crippen LogP contribution in [0, 0.1) is 0 Å². The molecule has 0 heterocycles. The smallest absolute Gasteiger partial charge is 0.434 e. The molecular formula is C36H67NO3. The third-order valence-corrected chi connectivity index (χ3v) is 7.26. The molecule has 0 aliphatic carbocycles. The van der Waals surface area contributed by atoms with Gasteiger partial charge in [0.25, 0.3) is 0 Å². The first-order chi connectivity index (χ1) is 19.6. The lowest BCUT2D eigenvalue weighted by atomic mass is 10.0. The Balaban J connectivity index is 4.09. The highest BCUT2D eigenvalue weighted by molar-refractivity contribution is 5.60. The van der Waals surface area contributed by atoms with E-state index < -0.39 is 6.16 Å². The first-order valence-corrected chi connectivity index (χ1v) is 17.0. The SMILES string of the molecule is CC/C=C\CCCCCCCC(CCCCCCC/C=C\C/C=C\CCCCC)OC(=O)OCCCCN(C)C. The summed E-state index contributed by atoms with van der Waals surface area (Å²) in [6, 6.07) is 0. The quantitative estimate of drug-likeness (QED) is 0.0517. The molecule has 0 N–H and O–H groups in total. The normalized spacial score (nSPS) is 12.8. The van der Waals surface area contributed by atoms with Gasteiger partial charge in [-0.2, -0.15) is 0 Å². The highest BCUT2D eigenvalue weighted by Crippen LogP contribution is 2.18. The molecule has 40 heavy (non-hydrogen) atoms. The molecule has 0 aromatic heterocycles. The summed E-state index contributed by atoms with van der Waals surface area (Å²) < 4.78 is 11.2. The Morgan fingerprint density at radius 3 is 1.70 bits per heavy atom. The number of hydrogen-bond acceptors (Lipinski definition) is 4. The van der Waals surface area contributed by atoms with Gasteiger partial charge >= 0.3 is 6.16 Å². The molecule has 0 amide bonds. The molecule has 0 aromatic carbocycles. The summed E-state index contributed by atoms with van der Waals surface area (Å²) in [6.45, 7) is 5.91. The second-order valence-corrected chi connectivity index (χ2v) is 11.6. The molecule has 0 aliphatic rings. The van der Waals surface area contributed by atoms with Crippen molar-refractivity contribution in [2.45, 2.75) is 161 Å². The number of nitrogens with zero attached hydrogens (tertiary/aromatic N) is 1. The Morgan fingerprint density at radius 2 is 1.15 bits per heavy atom. The molecular weight excluding hydrogens is 494 g/mol. The van der Waals surface area contributed by atoms with Crippen LogP contribution >= 0.6 is 0 Å². The minimum absolute atomic E-state index is 0.000256. The van der Waals surface area contributed by atoms with E-state index in [1.807, 2.05) is 0 Å². The predicted octanol–water partition coefficient (Wildman–Crippen LogP) is 11.4. The van der Waals surface area contributed by atoms with Crippen molar-refractivity contribution in [2.24, 2.45) is 0 Å². The van der Waals surface area contributed by atoms with Crippen LogP contribution in [-0.4, -0.2) is 44.4 Å². The number of ether oxygens (including phenoxy) is 2. The van der Waals surface area contributed by atoms with Gasteiger partial charge in [-0.1, -0.05) is 102 Å². The average Bonchev–Trinajstić information content (AvgIpc) is 2.93. The number of allylic oxidation sites excluding steroid dienone is 6. The van der Waals surface area contributed by atoms with Gasteiger partial charge in [0.15, 0.2) is 0 Å². The second-order valence-electron chi connectivity index (χ2n) is 11.6. The van der Waals surface area contributed by atoms with Crippen molar-refractivity contribution in [3.05, 3.63) is 36.5 Å². The Bertz CT molecular complexity index is 611. The third-order valence-electron chi connectivity index (χ3n) is 7.26. The maximum Gasteiger partial charge on any atom is 0.508 e. The fraction of sp³-hybridized carbons (Fsp3) is 0.806. The summed E-state index contributed by atoms with van der Waals surface area (Å²) in [7, 11) is 4.13. The van der Waals surface area contributed by atoms with Crippen molar-refractivity contribution in [1.29, 1.82) is 0 Å². The molecule has 0 saturated carbocycles. The number of rotatable bonds is 29. The molecule has 0 bridgehead atoms. The van der Waals surface area contributed by atoms with Crippen LogP contribution in [-0.2, 0) is 9.47 Å². The molecule has 0 spiro atoms. The van der Waals surface area contributed by atoms with Crippen LogP contribution in [0.1, 0.15) is 155 Å². The average molecular weight is 562 g/mol. The maximum absolute atomic E-state index is 12.3. The minimum atomic E-state index is -0.472. The topological polar surface area (TPSA) is 38.8 Å². The monoisotopic (exact) mass is 562 g/mol. The van der Waals surface area contributed by atoms with Crippen molar-refractivity contribution in [2.75, 3.05) is 27.2 Å². The van der Waals surface area contributed by atoms with Gasteiger partial charge in [0.2, 0.25) is 0 Å². The zero-order chi connectivity index (χ0) is 29.4. The van der Waals surface area contributed by atoms with Gasteiger partial charge in [-0.05, 0) is 111 Å². The highest BCUT2D eigenvalue weighted by Gasteiger charge is 2.15. The Morgan fingerprint density at radius 1 is 0.625 bits per heavy atom. The van der Waals surface area contributed by atoms with Crippen molar-refractivity contribution in [1.82, 2.24) is 4.90 Å². The standard InChI is InChI=1S/C36H67NO3/c1-5-7-9-11-13-15-16-17-18-19-20-22-24-26-28-32-35(31-27-25-23-21-14-12-10-8-6-2)40-36(38)39-34-30-29-33-37(3)4/h8,10,13,15,17-18,35H,5-7,9,11-12,14,16,19-34H2,1-4H3/b10-8-,15-13-,18-17-. The van der Waals surface area contributed by atoms with Gasteiger partial charge in [0.05, 0.1) is 6.61 Å². The van der Waals surface area contributed by atoms with E-state index in [-0.39, 0.29) is 6.10 Å². The molecule has 0 saturated heterocycles. The van der Waals surface area contributed by atoms with Crippen LogP contribution in [0.15, 0.2) is 36.5 Å². The summed E-state index contributed by atoms with van der Waals surface area (Å²) >= 11 is 0. The van der Waals surface area contributed by atoms with Crippen molar-refractivity contribution in [3.63, 3.8) is 0 Å². The molecule has 1 unspecified atom stereocenters. The molecule has 0 radical (unpaired) electrons. The molecule has 234 valence electrons. The van der Waals surface area contributed by atoms with Crippen LogP contribution in [0.2, 0.25) is 0 Å². The van der Waals surface area contributed by atoms with Crippen molar-refractivity contribution >= 4 is 6.16 Å². The number of unbranched alkanes of at least 4 members (excludes halogenated alkanes) is 14. The van der Waals surface area contributed by atoms with Gasteiger partial charge in [0.1, 0.15) is 6.10 Å². The highest BCUT2D eigenvalue weighted by atomic mass is 16.7. The maximum atomic E-state index is 12.3. The number of hydrogen-bond donors (Lipinski definition) is 0. The van der Waals surface area contributed by atoms with Crippen LogP contribution in [0.3, 0.4) is 0 Å². The lowest BCUT2D eigenvalue weighted by molar-refractivity contribution is 0.0153. The molecule has 4 nitrogen and oxygen atoms in total. The van der Waals surface area contributed by atoms with Crippen molar-refractivity contribution < 1.29 is 14.3 Å². The molecule has 1 atom stereocenters. The first-order valence-electron chi connectivity index (χ1n) is 17.0. The Labute approximate surface area is 250 Å². The summed E-state index contributed by atoms with van der Waals surface area (Å²) in [5.41, 5.74) is 0. The molecule has 4 heteroatoms. The van der Waals surface area contributed by atoms with Crippen LogP contribution < -0.4 is 0 Å². The lowest BCUT2D eigenvalue weighted by Gasteiger charge is -2.18. The van der Waals surface area contributed by atoms with E-state index in [1.165, 1.54) is 89.9 Å². The summed E-state index contributed by atoms with van der Waals surface area (Å²) in [5.74, 6) is 0. The van der Waals surface area contributed by atoms with Gasteiger partial charge in [-0.3, -0.25) is 0 Å². The van der Waals surface area contributed by atoms with E-state index in [9.17, 15) is 4.79 Å². The molecule has 0 rings (SSSR count). The second kappa shape index (κ2) is 32.0. The molecule has 0 fully saturated rings. The van der Waals surface area contributed by atoms with Gasteiger partial charge in [-0.25, -0.2) is 4.79 Å². The van der Waals surface area contributed by atoms with E-state index >= 15 is 0 Å². The first kappa shape index (κ1) is 38.5. The zero-order valence-electron chi connectivity index (χ0n) is 27.2.